The molecule has 54 valence electrons. The van der Waals surface area contributed by atoms with Crippen LogP contribution in [0.5, 0.6) is 0 Å². The Kier molecular flexibility index (Phi) is 1.66. The maximum absolute atomic E-state index is 10.1. The van der Waals surface area contributed by atoms with Gasteiger partial charge in [0.25, 0.3) is 5.82 Å². The van der Waals surface area contributed by atoms with Gasteiger partial charge in [0.15, 0.2) is 0 Å². The molecule has 0 spiro atoms. The molecule has 1 rings (SSSR count). The predicted octanol–water partition coefficient (Wildman–Crippen LogP) is 0.330. The highest BCUT2D eigenvalue weighted by atomic mass is 16.5. The van der Waals surface area contributed by atoms with Gasteiger partial charge in [0.1, 0.15) is 0 Å². The second-order valence-electron chi connectivity index (χ2n) is 1.67. The topological polar surface area (TPSA) is 76.2 Å². The fraction of sp³-hybridized carbons (Fsp3) is 0.400. The average molecular weight is 142 g/mol. The van der Waals surface area contributed by atoms with Crippen molar-refractivity contribution in [2.45, 2.75) is 13.3 Å². The smallest absolute Gasteiger partial charge is 0.377 e. The van der Waals surface area contributed by atoms with Crippen LogP contribution in [-0.4, -0.2) is 21.2 Å². The summed E-state index contributed by atoms with van der Waals surface area (Å²) in [5, 5.41) is 11.5. The number of rotatable bonds is 2. The summed E-state index contributed by atoms with van der Waals surface area (Å²) >= 11 is 0. The van der Waals surface area contributed by atoms with Gasteiger partial charge in [0.05, 0.1) is 0 Å². The summed E-state index contributed by atoms with van der Waals surface area (Å²) in [6, 6.07) is 0. The lowest BCUT2D eigenvalue weighted by atomic mass is 10.5. The molecule has 1 aromatic rings. The van der Waals surface area contributed by atoms with Crippen molar-refractivity contribution in [3.63, 3.8) is 0 Å². The van der Waals surface area contributed by atoms with Gasteiger partial charge >= 0.3 is 5.97 Å². The Morgan fingerprint density at radius 2 is 2.50 bits per heavy atom. The summed E-state index contributed by atoms with van der Waals surface area (Å²) < 4.78 is 4.53. The average Bonchev–Trinajstić information content (AvgIpc) is 2.34. The molecular formula is C5H6N2O3. The van der Waals surface area contributed by atoms with Gasteiger partial charge < -0.3 is 9.63 Å². The summed E-state index contributed by atoms with van der Waals surface area (Å²) in [5.41, 5.74) is 0. The molecule has 0 aliphatic rings. The molecule has 0 saturated heterocycles. The van der Waals surface area contributed by atoms with Crippen LogP contribution in [0.1, 0.15) is 23.4 Å². The van der Waals surface area contributed by atoms with Gasteiger partial charge in [-0.1, -0.05) is 6.92 Å². The highest BCUT2D eigenvalue weighted by Gasteiger charge is 2.10. The van der Waals surface area contributed by atoms with Gasteiger partial charge in [-0.2, -0.15) is 4.98 Å². The van der Waals surface area contributed by atoms with E-state index in [0.717, 1.165) is 0 Å². The highest BCUT2D eigenvalue weighted by molar-refractivity contribution is 5.82. The second kappa shape index (κ2) is 2.47. The molecule has 0 unspecified atom stereocenters. The van der Waals surface area contributed by atoms with Crippen molar-refractivity contribution in [3.8, 4) is 0 Å². The first-order valence-corrected chi connectivity index (χ1v) is 2.80. The minimum atomic E-state index is -1.16. The maximum Gasteiger partial charge on any atom is 0.377 e. The van der Waals surface area contributed by atoms with Crippen LogP contribution in [0.4, 0.5) is 0 Å². The maximum atomic E-state index is 10.1. The first kappa shape index (κ1) is 6.73. The van der Waals surface area contributed by atoms with E-state index >= 15 is 0 Å². The number of hydrogen-bond donors (Lipinski definition) is 1. The first-order chi connectivity index (χ1) is 4.74. The fourth-order valence-electron chi connectivity index (χ4n) is 0.485. The Morgan fingerprint density at radius 1 is 1.80 bits per heavy atom. The molecule has 5 nitrogen and oxygen atoms in total. The second-order valence-corrected chi connectivity index (χ2v) is 1.67. The van der Waals surface area contributed by atoms with Crippen LogP contribution in [0.3, 0.4) is 0 Å². The molecule has 1 heterocycles. The molecule has 0 radical (unpaired) electrons. The minimum absolute atomic E-state index is 0.281. The van der Waals surface area contributed by atoms with Crippen LogP contribution >= 0.6 is 0 Å². The van der Waals surface area contributed by atoms with Crippen LogP contribution < -0.4 is 0 Å². The molecule has 0 aliphatic carbocycles. The SMILES string of the molecule is CCc1nc(C(=O)O)no1. The van der Waals surface area contributed by atoms with Crippen molar-refractivity contribution in [3.05, 3.63) is 11.7 Å². The Bertz CT molecular complexity index is 243. The van der Waals surface area contributed by atoms with Gasteiger partial charge in [-0.15, -0.1) is 0 Å². The third-order valence-corrected chi connectivity index (χ3v) is 0.962. The lowest BCUT2D eigenvalue weighted by Crippen LogP contribution is -1.98. The third kappa shape index (κ3) is 1.12. The van der Waals surface area contributed by atoms with Crippen molar-refractivity contribution >= 4 is 5.97 Å². The summed E-state index contributed by atoms with van der Waals surface area (Å²) in [4.78, 5) is 13.7. The zero-order valence-corrected chi connectivity index (χ0v) is 5.37. The first-order valence-electron chi connectivity index (χ1n) is 2.80. The molecule has 0 bridgehead atoms. The molecule has 0 atom stereocenters. The highest BCUT2D eigenvalue weighted by Crippen LogP contribution is 1.96. The Balaban J connectivity index is 2.88. The third-order valence-electron chi connectivity index (χ3n) is 0.962. The van der Waals surface area contributed by atoms with E-state index < -0.39 is 5.97 Å². The molecule has 0 amide bonds. The summed E-state index contributed by atoms with van der Waals surface area (Å²) in [7, 11) is 0. The van der Waals surface area contributed by atoms with Crippen LogP contribution in [0, 0.1) is 0 Å². The number of carbonyl (C=O) groups is 1. The summed E-state index contributed by atoms with van der Waals surface area (Å²) in [6.07, 6.45) is 0.556. The van der Waals surface area contributed by atoms with E-state index in [4.69, 9.17) is 5.11 Å². The van der Waals surface area contributed by atoms with Crippen LogP contribution in [-0.2, 0) is 6.42 Å². The lowest BCUT2D eigenvalue weighted by molar-refractivity contribution is 0.0680. The molecule has 5 heteroatoms. The Morgan fingerprint density at radius 3 is 2.80 bits per heavy atom. The number of carboxylic acids is 1. The normalized spacial score (nSPS) is 9.70. The predicted molar refractivity (Wildman–Crippen MR) is 30.6 cm³/mol. The summed E-state index contributed by atoms with van der Waals surface area (Å²) in [5.74, 6) is -1.10. The number of aryl methyl sites for hydroxylation is 1. The van der Waals surface area contributed by atoms with Crippen molar-refractivity contribution in [1.29, 1.82) is 0 Å². The number of hydrogen-bond acceptors (Lipinski definition) is 4. The lowest BCUT2D eigenvalue weighted by Gasteiger charge is -1.77. The van der Waals surface area contributed by atoms with Crippen molar-refractivity contribution < 1.29 is 14.4 Å². The number of aromatic carboxylic acids is 1. The van der Waals surface area contributed by atoms with Gasteiger partial charge in [-0.05, 0) is 5.16 Å². The van der Waals surface area contributed by atoms with Crippen LogP contribution in [0.15, 0.2) is 4.52 Å². The van der Waals surface area contributed by atoms with Gasteiger partial charge in [-0.25, -0.2) is 4.79 Å². The van der Waals surface area contributed by atoms with E-state index in [1.165, 1.54) is 0 Å². The number of carboxylic acid groups (broad SMARTS) is 1. The minimum Gasteiger partial charge on any atom is -0.475 e. The van der Waals surface area contributed by atoms with Crippen LogP contribution in [0.2, 0.25) is 0 Å². The Labute approximate surface area is 56.7 Å². The van der Waals surface area contributed by atoms with E-state index in [1.807, 2.05) is 0 Å². The number of nitrogens with zero attached hydrogens (tertiary/aromatic N) is 2. The molecule has 1 N–H and O–H groups in total. The molecule has 1 aromatic heterocycles. The van der Waals surface area contributed by atoms with Crippen molar-refractivity contribution in [2.75, 3.05) is 0 Å². The largest absolute Gasteiger partial charge is 0.475 e. The van der Waals surface area contributed by atoms with Gasteiger partial charge in [0.2, 0.25) is 5.89 Å². The molecule has 0 aromatic carbocycles. The van der Waals surface area contributed by atoms with E-state index in [0.29, 0.717) is 12.3 Å². The molecule has 0 aliphatic heterocycles. The zero-order chi connectivity index (χ0) is 7.56. The monoisotopic (exact) mass is 142 g/mol. The van der Waals surface area contributed by atoms with Crippen molar-refractivity contribution in [1.82, 2.24) is 10.1 Å². The van der Waals surface area contributed by atoms with Gasteiger partial charge in [0, 0.05) is 6.42 Å². The molecular weight excluding hydrogens is 136 g/mol. The molecule has 10 heavy (non-hydrogen) atoms. The van der Waals surface area contributed by atoms with E-state index in [1.54, 1.807) is 6.92 Å². The number of aromatic nitrogens is 2. The standard InChI is InChI=1S/C5H6N2O3/c1-2-3-6-4(5(8)9)7-10-3/h2H2,1H3,(H,8,9). The molecule has 0 saturated carbocycles. The zero-order valence-electron chi connectivity index (χ0n) is 5.37. The molecule has 0 fully saturated rings. The van der Waals surface area contributed by atoms with E-state index in [-0.39, 0.29) is 5.82 Å². The van der Waals surface area contributed by atoms with Crippen molar-refractivity contribution in [2.24, 2.45) is 0 Å². The van der Waals surface area contributed by atoms with E-state index in [2.05, 4.69) is 14.7 Å². The summed E-state index contributed by atoms with van der Waals surface area (Å²) in [6.45, 7) is 1.80. The van der Waals surface area contributed by atoms with Gasteiger partial charge in [-0.3, -0.25) is 0 Å². The van der Waals surface area contributed by atoms with E-state index in [9.17, 15) is 4.79 Å². The quantitative estimate of drug-likeness (QED) is 0.643. The fourth-order valence-corrected chi connectivity index (χ4v) is 0.485. The Hall–Kier alpha value is -1.39. The van der Waals surface area contributed by atoms with Crippen LogP contribution in [0.25, 0.3) is 0 Å².